The Morgan fingerprint density at radius 1 is 1.02 bits per heavy atom. The number of esters is 4. The molecule has 6 atom stereocenters. The number of halogens is 3. The first-order chi connectivity index (χ1) is 20.1. The van der Waals surface area contributed by atoms with E-state index in [1.807, 2.05) is 0 Å². The van der Waals surface area contributed by atoms with Crippen molar-refractivity contribution in [2.45, 2.75) is 71.3 Å². The van der Waals surface area contributed by atoms with Crippen LogP contribution in [0.2, 0.25) is 0 Å². The maximum Gasteiger partial charge on any atom is 0.407 e. The molecule has 43 heavy (non-hydrogen) atoms. The van der Waals surface area contributed by atoms with Crippen LogP contribution in [0.1, 0.15) is 27.2 Å². The Morgan fingerprint density at radius 2 is 1.67 bits per heavy atom. The fraction of sp³-hybridized carbons (Fsp3) is 0.577. The molecule has 1 N–H and O–H groups in total. The zero-order chi connectivity index (χ0) is 32.4. The van der Waals surface area contributed by atoms with Gasteiger partial charge in [0.2, 0.25) is 8.73 Å². The van der Waals surface area contributed by atoms with E-state index in [4.69, 9.17) is 68.0 Å². The van der Waals surface area contributed by atoms with Crippen molar-refractivity contribution >= 4 is 76.5 Å². The number of hydrogen-bond acceptors (Lipinski definition) is 13. The van der Waals surface area contributed by atoms with Gasteiger partial charge in [0, 0.05) is 39.2 Å². The summed E-state index contributed by atoms with van der Waals surface area (Å²) in [6, 6.07) is 7.26. The van der Waals surface area contributed by atoms with Crippen molar-refractivity contribution in [2.75, 3.05) is 27.4 Å². The van der Waals surface area contributed by atoms with Crippen molar-refractivity contribution in [1.82, 2.24) is 5.32 Å². The molecular weight excluding hydrogens is 657 g/mol. The lowest BCUT2D eigenvalue weighted by molar-refractivity contribution is -0.221. The van der Waals surface area contributed by atoms with Crippen LogP contribution in [0.3, 0.4) is 0 Å². The van der Waals surface area contributed by atoms with E-state index in [0.717, 1.165) is 39.6 Å². The molecule has 1 fully saturated rings. The molecule has 0 spiro atoms. The van der Waals surface area contributed by atoms with Gasteiger partial charge in [-0.3, -0.25) is 14.4 Å². The third-order valence-electron chi connectivity index (χ3n) is 5.79. The molecule has 1 aromatic rings. The minimum absolute atomic E-state index is 0.348. The van der Waals surface area contributed by atoms with Crippen molar-refractivity contribution < 1.29 is 57.1 Å². The summed E-state index contributed by atoms with van der Waals surface area (Å²) in [5.41, 5.74) is 0. The zero-order valence-corrected chi connectivity index (χ0v) is 26.9. The Balaban J connectivity index is 2.71. The summed E-state index contributed by atoms with van der Waals surface area (Å²) < 4.78 is 36.3. The van der Waals surface area contributed by atoms with Crippen LogP contribution in [0.15, 0.2) is 35.2 Å². The van der Waals surface area contributed by atoms with E-state index in [2.05, 4.69) is 5.32 Å². The van der Waals surface area contributed by atoms with Crippen LogP contribution < -0.4 is 5.32 Å². The lowest BCUT2D eigenvalue weighted by atomic mass is 9.89. The molecule has 0 saturated carbocycles. The van der Waals surface area contributed by atoms with Crippen LogP contribution in [0.25, 0.3) is 0 Å². The van der Waals surface area contributed by atoms with Crippen LogP contribution in [0, 0.1) is 0 Å². The molecule has 0 aliphatic carbocycles. The molecule has 0 radical (unpaired) electrons. The second kappa shape index (κ2) is 16.5. The first-order valence-corrected chi connectivity index (χ1v) is 14.6. The number of alkyl carbamates (subject to hydrolysis) is 1. The van der Waals surface area contributed by atoms with E-state index in [-0.39, 0.29) is 6.42 Å². The third kappa shape index (κ3) is 11.5. The van der Waals surface area contributed by atoms with Gasteiger partial charge in [0.1, 0.15) is 31.5 Å². The van der Waals surface area contributed by atoms with Crippen molar-refractivity contribution in [3.8, 4) is 0 Å². The number of carbonyl (C=O) groups excluding carboxylic acids is 5. The Bertz CT molecular complexity index is 1140. The van der Waals surface area contributed by atoms with Crippen molar-refractivity contribution in [3.05, 3.63) is 30.3 Å². The number of amides is 1. The molecule has 1 aliphatic heterocycles. The normalized spacial score (nSPS) is 23.2. The fourth-order valence-electron chi connectivity index (χ4n) is 4.16. The Kier molecular flexibility index (Phi) is 14.1. The molecule has 2 rings (SSSR count). The minimum atomic E-state index is -1.95. The molecule has 1 heterocycles. The van der Waals surface area contributed by atoms with E-state index in [1.165, 1.54) is 7.11 Å². The molecule has 1 saturated heterocycles. The van der Waals surface area contributed by atoms with Gasteiger partial charge in [-0.25, -0.2) is 9.59 Å². The fourth-order valence-corrected chi connectivity index (χ4v) is 5.57. The van der Waals surface area contributed by atoms with E-state index >= 15 is 0 Å². The highest BCUT2D eigenvalue weighted by atomic mass is 35.6. The average Bonchev–Trinajstić information content (AvgIpc) is 2.92. The second-order valence-corrected chi connectivity index (χ2v) is 13.0. The number of hydrogen-bond donors (Lipinski definition) is 1. The highest BCUT2D eigenvalue weighted by Crippen LogP contribution is 2.45. The number of rotatable bonds is 12. The van der Waals surface area contributed by atoms with Crippen molar-refractivity contribution in [1.29, 1.82) is 0 Å². The molecule has 1 aromatic carbocycles. The molecule has 0 unspecified atom stereocenters. The van der Waals surface area contributed by atoms with Gasteiger partial charge < -0.3 is 38.5 Å². The van der Waals surface area contributed by atoms with E-state index in [0.29, 0.717) is 4.90 Å². The molecule has 17 heteroatoms. The number of benzene rings is 1. The van der Waals surface area contributed by atoms with Gasteiger partial charge in [-0.05, 0) is 12.1 Å². The molecule has 0 bridgehead atoms. The number of carbonyl (C=O) groups is 5. The third-order valence-corrected chi connectivity index (χ3v) is 7.38. The molecular formula is C26H32Cl3NO12S. The van der Waals surface area contributed by atoms with Gasteiger partial charge >= 0.3 is 30.0 Å². The SMILES string of the molecule is COC(=O)[C@]1(Sc2ccccc2)C[C@H](OC(C)=O)[C@@H](NC(=O)OCC(Cl)(Cl)Cl)[C@H]([C@H](OC(C)=O)[C@@H](COC(C)=O)OC)O1. The van der Waals surface area contributed by atoms with Gasteiger partial charge in [0.05, 0.1) is 13.2 Å². The summed E-state index contributed by atoms with van der Waals surface area (Å²) in [6.07, 6.45) is -6.97. The molecule has 0 aromatic heterocycles. The van der Waals surface area contributed by atoms with E-state index in [1.54, 1.807) is 30.3 Å². The van der Waals surface area contributed by atoms with Gasteiger partial charge in [0.15, 0.2) is 6.10 Å². The Hall–Kier alpha value is -2.49. The first kappa shape index (κ1) is 36.7. The Labute approximate surface area is 267 Å². The van der Waals surface area contributed by atoms with Crippen LogP contribution in [-0.2, 0) is 52.3 Å². The average molecular weight is 689 g/mol. The smallest absolute Gasteiger partial charge is 0.407 e. The van der Waals surface area contributed by atoms with Crippen LogP contribution >= 0.6 is 46.6 Å². The monoisotopic (exact) mass is 687 g/mol. The summed E-state index contributed by atoms with van der Waals surface area (Å²) >= 11 is 18.0. The summed E-state index contributed by atoms with van der Waals surface area (Å²) in [5, 5.41) is 2.50. The summed E-state index contributed by atoms with van der Waals surface area (Å²) in [5.74, 6) is -3.14. The molecule has 240 valence electrons. The number of nitrogens with one attached hydrogen (secondary N) is 1. The van der Waals surface area contributed by atoms with Crippen molar-refractivity contribution in [3.63, 3.8) is 0 Å². The van der Waals surface area contributed by atoms with Crippen LogP contribution in [-0.4, -0.2) is 96.6 Å². The highest BCUT2D eigenvalue weighted by Gasteiger charge is 2.58. The van der Waals surface area contributed by atoms with Gasteiger partial charge in [0.25, 0.3) is 0 Å². The Morgan fingerprint density at radius 3 is 2.19 bits per heavy atom. The number of thioether (sulfide) groups is 1. The van der Waals surface area contributed by atoms with E-state index < -0.39 is 82.4 Å². The topological polar surface area (TPSA) is 162 Å². The van der Waals surface area contributed by atoms with Gasteiger partial charge in [-0.15, -0.1) is 0 Å². The summed E-state index contributed by atoms with van der Waals surface area (Å²) in [7, 11) is 2.39. The van der Waals surface area contributed by atoms with Gasteiger partial charge in [-0.2, -0.15) is 0 Å². The maximum absolute atomic E-state index is 13.4. The number of alkyl halides is 3. The molecule has 1 amide bonds. The standard InChI is InChI=1S/C26H32Cl3NO12S/c1-14(31)38-12-19(36-4)21(41-16(3)33)22-20(30-24(35)39-13-26(27,28)29)18(40-15(2)32)11-25(42-22,23(34)37-5)43-17-9-7-6-8-10-17/h6-10,18-22H,11-13H2,1-5H3,(H,30,35)/t18-,19+,20+,21+,22+,25+/m0/s1. The highest BCUT2D eigenvalue weighted by molar-refractivity contribution is 8.01. The predicted molar refractivity (Wildman–Crippen MR) is 154 cm³/mol. The van der Waals surface area contributed by atoms with E-state index in [9.17, 15) is 24.0 Å². The first-order valence-electron chi connectivity index (χ1n) is 12.6. The molecule has 13 nitrogen and oxygen atoms in total. The quantitative estimate of drug-likeness (QED) is 0.194. The van der Waals surface area contributed by atoms with Crippen LogP contribution in [0.5, 0.6) is 0 Å². The largest absolute Gasteiger partial charge is 0.466 e. The minimum Gasteiger partial charge on any atom is -0.466 e. The number of ether oxygens (including phenoxy) is 7. The number of methoxy groups -OCH3 is 2. The maximum atomic E-state index is 13.4. The molecule has 1 aliphatic rings. The summed E-state index contributed by atoms with van der Waals surface area (Å²) in [4.78, 5) is 61.2. The second-order valence-electron chi connectivity index (χ2n) is 9.11. The van der Waals surface area contributed by atoms with Gasteiger partial charge in [-0.1, -0.05) is 64.8 Å². The lowest BCUT2D eigenvalue weighted by Crippen LogP contribution is -2.68. The zero-order valence-electron chi connectivity index (χ0n) is 23.8. The summed E-state index contributed by atoms with van der Waals surface area (Å²) in [6.45, 7) is 2.29. The lowest BCUT2D eigenvalue weighted by Gasteiger charge is -2.48. The van der Waals surface area contributed by atoms with Crippen LogP contribution in [0.4, 0.5) is 4.79 Å². The van der Waals surface area contributed by atoms with Crippen molar-refractivity contribution in [2.24, 2.45) is 0 Å². The predicted octanol–water partition coefficient (Wildman–Crippen LogP) is 3.34.